The van der Waals surface area contributed by atoms with Crippen LogP contribution in [0.15, 0.2) is 6.33 Å². The zero-order chi connectivity index (χ0) is 15.1. The van der Waals surface area contributed by atoms with Crippen molar-refractivity contribution in [1.82, 2.24) is 19.7 Å². The van der Waals surface area contributed by atoms with Gasteiger partial charge in [-0.2, -0.15) is 0 Å². The number of rotatable bonds is 1. The zero-order valence-electron chi connectivity index (χ0n) is 13.2. The molecule has 112 valence electrons. The van der Waals surface area contributed by atoms with Crippen LogP contribution in [0.1, 0.15) is 52.2 Å². The third kappa shape index (κ3) is 3.00. The fourth-order valence-electron chi connectivity index (χ4n) is 2.13. The van der Waals surface area contributed by atoms with Crippen LogP contribution in [0, 0.1) is 0 Å². The number of aromatic nitrogens is 3. The molecule has 1 aliphatic rings. The molecule has 1 fully saturated rings. The quantitative estimate of drug-likeness (QED) is 0.785. The van der Waals surface area contributed by atoms with E-state index in [0.29, 0.717) is 13.2 Å². The van der Waals surface area contributed by atoms with Crippen molar-refractivity contribution in [2.24, 2.45) is 0 Å². The predicted octanol–water partition coefficient (Wildman–Crippen LogP) is 1.67. The van der Waals surface area contributed by atoms with Crippen LogP contribution < -0.4 is 0 Å². The Morgan fingerprint density at radius 2 is 2.10 bits per heavy atom. The van der Waals surface area contributed by atoms with Crippen molar-refractivity contribution in [1.29, 1.82) is 0 Å². The first-order chi connectivity index (χ1) is 9.10. The first kappa shape index (κ1) is 15.0. The lowest BCUT2D eigenvalue weighted by Gasteiger charge is -2.41. The van der Waals surface area contributed by atoms with Crippen LogP contribution in [0.25, 0.3) is 0 Å². The summed E-state index contributed by atoms with van der Waals surface area (Å²) in [7, 11) is 0. The number of carbonyl (C=O) groups is 1. The fraction of sp³-hybridized carbons (Fsp3) is 0.786. The summed E-state index contributed by atoms with van der Waals surface area (Å²) in [5.41, 5.74) is -0.504. The summed E-state index contributed by atoms with van der Waals surface area (Å²) in [6.45, 7) is 13.1. The van der Waals surface area contributed by atoms with E-state index in [4.69, 9.17) is 4.74 Å². The fourth-order valence-corrected chi connectivity index (χ4v) is 2.13. The first-order valence-corrected chi connectivity index (χ1v) is 6.97. The summed E-state index contributed by atoms with van der Waals surface area (Å²) in [5.74, 6) is 0.126. The number of amides is 1. The number of hydrogen-bond acceptors (Lipinski definition) is 4. The minimum absolute atomic E-state index is 0.0390. The molecule has 1 atom stereocenters. The minimum Gasteiger partial charge on any atom is -0.372 e. The van der Waals surface area contributed by atoms with Crippen molar-refractivity contribution in [3.05, 3.63) is 12.2 Å². The molecule has 6 heteroatoms. The van der Waals surface area contributed by atoms with Gasteiger partial charge >= 0.3 is 0 Å². The predicted molar refractivity (Wildman–Crippen MR) is 75.5 cm³/mol. The van der Waals surface area contributed by atoms with Crippen LogP contribution in [-0.2, 0) is 10.3 Å². The van der Waals surface area contributed by atoms with Gasteiger partial charge in [-0.1, -0.05) is 0 Å². The molecule has 2 heterocycles. The van der Waals surface area contributed by atoms with Gasteiger partial charge < -0.3 is 9.64 Å². The first-order valence-electron chi connectivity index (χ1n) is 6.97. The van der Waals surface area contributed by atoms with Gasteiger partial charge in [0.2, 0.25) is 5.82 Å². The number of ether oxygens (including phenoxy) is 1. The second-order valence-electron chi connectivity index (χ2n) is 7.04. The third-order valence-corrected chi connectivity index (χ3v) is 3.43. The Kier molecular flexibility index (Phi) is 3.62. The van der Waals surface area contributed by atoms with Crippen LogP contribution in [0.2, 0.25) is 0 Å². The molecule has 0 aliphatic carbocycles. The largest absolute Gasteiger partial charge is 0.372 e. The Balaban J connectivity index is 2.20. The van der Waals surface area contributed by atoms with Gasteiger partial charge in [-0.05, 0) is 41.5 Å². The van der Waals surface area contributed by atoms with Crippen LogP contribution >= 0.6 is 0 Å². The van der Waals surface area contributed by atoms with E-state index in [9.17, 15) is 4.79 Å². The standard InChI is InChI=1S/C14H24N4O2/c1-10-7-20-14(5,6)8-17(10)12(19)11-15-9-18(16-11)13(2,3)4/h9-10H,7-8H2,1-6H3/t10-/m0/s1. The van der Waals surface area contributed by atoms with Gasteiger partial charge in [-0.3, -0.25) is 4.79 Å². The summed E-state index contributed by atoms with van der Waals surface area (Å²) in [6.07, 6.45) is 1.61. The highest BCUT2D eigenvalue weighted by Gasteiger charge is 2.36. The molecule has 0 spiro atoms. The second kappa shape index (κ2) is 4.84. The van der Waals surface area contributed by atoms with Crippen LogP contribution in [0.3, 0.4) is 0 Å². The Morgan fingerprint density at radius 1 is 1.45 bits per heavy atom. The molecule has 1 amide bonds. The number of nitrogens with zero attached hydrogens (tertiary/aromatic N) is 4. The average molecular weight is 280 g/mol. The molecule has 1 aliphatic heterocycles. The maximum absolute atomic E-state index is 12.6. The molecule has 0 bridgehead atoms. The second-order valence-corrected chi connectivity index (χ2v) is 7.04. The van der Waals surface area contributed by atoms with Gasteiger partial charge in [0.25, 0.3) is 5.91 Å². The van der Waals surface area contributed by atoms with Crippen molar-refractivity contribution in [3.8, 4) is 0 Å². The van der Waals surface area contributed by atoms with Gasteiger partial charge in [-0.15, -0.1) is 5.10 Å². The van der Waals surface area contributed by atoms with Crippen LogP contribution in [-0.4, -0.2) is 50.4 Å². The molecule has 2 rings (SSSR count). The highest BCUT2D eigenvalue weighted by molar-refractivity contribution is 5.90. The molecule has 1 aromatic rings. The maximum atomic E-state index is 12.6. The highest BCUT2D eigenvalue weighted by Crippen LogP contribution is 2.22. The van der Waals surface area contributed by atoms with Crippen molar-refractivity contribution in [3.63, 3.8) is 0 Å². The summed E-state index contributed by atoms with van der Waals surface area (Å²) in [5, 5.41) is 4.31. The molecule has 0 saturated carbocycles. The molecule has 0 aromatic carbocycles. The summed E-state index contributed by atoms with van der Waals surface area (Å²) in [6, 6.07) is 0.0390. The monoisotopic (exact) mass is 280 g/mol. The lowest BCUT2D eigenvalue weighted by molar-refractivity contribution is -0.0982. The normalized spacial score (nSPS) is 22.9. The Labute approximate surface area is 120 Å². The Bertz CT molecular complexity index is 502. The smallest absolute Gasteiger partial charge is 0.293 e. The lowest BCUT2D eigenvalue weighted by atomic mass is 10.0. The molecule has 20 heavy (non-hydrogen) atoms. The summed E-state index contributed by atoms with van der Waals surface area (Å²) < 4.78 is 7.43. The van der Waals surface area contributed by atoms with Crippen molar-refractivity contribution in [2.75, 3.05) is 13.2 Å². The average Bonchev–Trinajstić information content (AvgIpc) is 2.80. The third-order valence-electron chi connectivity index (χ3n) is 3.43. The zero-order valence-corrected chi connectivity index (χ0v) is 13.2. The van der Waals surface area contributed by atoms with Crippen molar-refractivity contribution < 1.29 is 9.53 Å². The molecule has 0 unspecified atom stereocenters. The highest BCUT2D eigenvalue weighted by atomic mass is 16.5. The van der Waals surface area contributed by atoms with E-state index in [1.165, 1.54) is 0 Å². The SMILES string of the molecule is C[C@H]1COC(C)(C)CN1C(=O)c1ncn(C(C)(C)C)n1. The molecule has 1 saturated heterocycles. The molecule has 0 N–H and O–H groups in total. The van der Waals surface area contributed by atoms with E-state index in [0.717, 1.165) is 0 Å². The van der Waals surface area contributed by atoms with Crippen molar-refractivity contribution >= 4 is 5.91 Å². The van der Waals surface area contributed by atoms with Crippen LogP contribution in [0.4, 0.5) is 0 Å². The van der Waals surface area contributed by atoms with Gasteiger partial charge in [0, 0.05) is 6.54 Å². The van der Waals surface area contributed by atoms with Gasteiger partial charge in [0.15, 0.2) is 0 Å². The van der Waals surface area contributed by atoms with E-state index < -0.39 is 0 Å². The molecular weight excluding hydrogens is 256 g/mol. The van der Waals surface area contributed by atoms with Crippen LogP contribution in [0.5, 0.6) is 0 Å². The lowest BCUT2D eigenvalue weighted by Crippen LogP contribution is -2.55. The van der Waals surface area contributed by atoms with E-state index >= 15 is 0 Å². The van der Waals surface area contributed by atoms with E-state index in [1.807, 2.05) is 41.5 Å². The van der Waals surface area contributed by atoms with E-state index in [2.05, 4.69) is 10.1 Å². The number of hydrogen-bond donors (Lipinski definition) is 0. The Morgan fingerprint density at radius 3 is 2.65 bits per heavy atom. The molecule has 1 aromatic heterocycles. The number of morpholine rings is 1. The molecule has 6 nitrogen and oxygen atoms in total. The summed E-state index contributed by atoms with van der Waals surface area (Å²) in [4.78, 5) is 18.5. The number of carbonyl (C=O) groups excluding carboxylic acids is 1. The van der Waals surface area contributed by atoms with Gasteiger partial charge in [0.1, 0.15) is 6.33 Å². The van der Waals surface area contributed by atoms with E-state index in [-0.39, 0.29) is 28.9 Å². The molecular formula is C14H24N4O2. The van der Waals surface area contributed by atoms with Gasteiger partial charge in [0.05, 0.1) is 23.8 Å². The van der Waals surface area contributed by atoms with E-state index in [1.54, 1.807) is 15.9 Å². The van der Waals surface area contributed by atoms with Gasteiger partial charge in [-0.25, -0.2) is 9.67 Å². The topological polar surface area (TPSA) is 60.2 Å². The Hall–Kier alpha value is -1.43. The summed E-state index contributed by atoms with van der Waals surface area (Å²) >= 11 is 0. The van der Waals surface area contributed by atoms with Crippen molar-refractivity contribution in [2.45, 2.75) is 58.7 Å². The maximum Gasteiger partial charge on any atom is 0.293 e. The minimum atomic E-state index is -0.325. The molecule has 0 radical (unpaired) electrons.